The molecule has 1 heteroatoms. The van der Waals surface area contributed by atoms with E-state index >= 15 is 0 Å². The summed E-state index contributed by atoms with van der Waals surface area (Å²) in [6.07, 6.45) is 7.35. The van der Waals surface area contributed by atoms with E-state index in [1.54, 1.807) is 12.5 Å². The van der Waals surface area contributed by atoms with Gasteiger partial charge in [0.05, 0.1) is 12.5 Å². The van der Waals surface area contributed by atoms with E-state index in [2.05, 4.69) is 111 Å². The Morgan fingerprint density at radius 3 is 1.26 bits per heavy atom. The molecule has 4 rings (SSSR count). The van der Waals surface area contributed by atoms with Gasteiger partial charge in [0.2, 0.25) is 0 Å². The van der Waals surface area contributed by atoms with Gasteiger partial charge in [-0.3, -0.25) is 0 Å². The summed E-state index contributed by atoms with van der Waals surface area (Å²) in [6, 6.07) is 33.9. The minimum Gasteiger partial charge on any atom is -0.473 e. The number of hydrogen-bond donors (Lipinski definition) is 0. The second-order valence-corrected chi connectivity index (χ2v) is 7.62. The zero-order chi connectivity index (χ0) is 21.5. The Kier molecular flexibility index (Phi) is 6.44. The fraction of sp³-hybridized carbons (Fsp3) is 0.0667. The highest BCUT2D eigenvalue weighted by molar-refractivity contribution is 5.69. The quantitative estimate of drug-likeness (QED) is 0.295. The van der Waals surface area contributed by atoms with Crippen LogP contribution in [0.5, 0.6) is 0 Å². The number of aryl methyl sites for hydroxylation is 2. The molecule has 0 heterocycles. The van der Waals surface area contributed by atoms with E-state index in [0.29, 0.717) is 0 Å². The minimum absolute atomic E-state index is 1.10. The van der Waals surface area contributed by atoms with Crippen LogP contribution in [0, 0.1) is 13.8 Å². The topological polar surface area (TPSA) is 9.23 Å². The number of rotatable bonds is 6. The molecule has 0 aliphatic heterocycles. The van der Waals surface area contributed by atoms with Gasteiger partial charge < -0.3 is 4.74 Å². The fourth-order valence-electron chi connectivity index (χ4n) is 3.62. The Labute approximate surface area is 185 Å². The Hall–Kier alpha value is -3.84. The van der Waals surface area contributed by atoms with Crippen molar-refractivity contribution in [2.75, 3.05) is 0 Å². The number of hydrogen-bond acceptors (Lipinski definition) is 1. The van der Waals surface area contributed by atoms with Gasteiger partial charge in [-0.05, 0) is 70.5 Å². The van der Waals surface area contributed by atoms with Crippen molar-refractivity contribution in [2.24, 2.45) is 0 Å². The summed E-state index contributed by atoms with van der Waals surface area (Å²) in [6.45, 7) is 4.28. The molecule has 1 nitrogen and oxygen atoms in total. The van der Waals surface area contributed by atoms with Gasteiger partial charge in [0, 0.05) is 0 Å². The lowest BCUT2D eigenvalue weighted by Crippen LogP contribution is -1.83. The van der Waals surface area contributed by atoms with Crippen LogP contribution < -0.4 is 0 Å². The summed E-state index contributed by atoms with van der Waals surface area (Å²) >= 11 is 0. The Morgan fingerprint density at radius 1 is 0.484 bits per heavy atom. The molecule has 31 heavy (non-hydrogen) atoms. The molecule has 0 unspecified atom stereocenters. The van der Waals surface area contributed by atoms with Gasteiger partial charge in [0.1, 0.15) is 0 Å². The van der Waals surface area contributed by atoms with E-state index in [1.165, 1.54) is 33.4 Å². The molecule has 0 bridgehead atoms. The van der Waals surface area contributed by atoms with Crippen LogP contribution in [0.25, 0.3) is 34.4 Å². The summed E-state index contributed by atoms with van der Waals surface area (Å²) in [4.78, 5) is 0. The first-order valence-corrected chi connectivity index (χ1v) is 10.5. The lowest BCUT2D eigenvalue weighted by Gasteiger charge is -2.06. The summed E-state index contributed by atoms with van der Waals surface area (Å²) in [5, 5.41) is 0. The van der Waals surface area contributed by atoms with E-state index in [1.807, 2.05) is 12.2 Å². The first-order valence-electron chi connectivity index (χ1n) is 10.5. The summed E-state index contributed by atoms with van der Waals surface area (Å²) in [5.41, 5.74) is 9.77. The molecule has 4 aromatic rings. The van der Waals surface area contributed by atoms with E-state index in [4.69, 9.17) is 4.74 Å². The van der Waals surface area contributed by atoms with Crippen LogP contribution in [0.4, 0.5) is 0 Å². The zero-order valence-corrected chi connectivity index (χ0v) is 18.0. The van der Waals surface area contributed by atoms with Crippen molar-refractivity contribution in [1.82, 2.24) is 0 Å². The van der Waals surface area contributed by atoms with Gasteiger partial charge in [-0.1, -0.05) is 97.1 Å². The molecule has 0 saturated heterocycles. The van der Waals surface area contributed by atoms with E-state index in [0.717, 1.165) is 11.1 Å². The maximum Gasteiger partial charge on any atom is 0.0907 e. The van der Waals surface area contributed by atoms with Crippen molar-refractivity contribution < 1.29 is 4.74 Å². The average molecular weight is 403 g/mol. The Bertz CT molecular complexity index is 1100. The second-order valence-electron chi connectivity index (χ2n) is 7.62. The molecule has 0 fully saturated rings. The molecule has 0 aliphatic carbocycles. The van der Waals surface area contributed by atoms with Gasteiger partial charge >= 0.3 is 0 Å². The van der Waals surface area contributed by atoms with Gasteiger partial charge in [-0.2, -0.15) is 0 Å². The number of ether oxygens (including phenoxy) is 1. The van der Waals surface area contributed by atoms with Crippen molar-refractivity contribution in [3.63, 3.8) is 0 Å². The third-order valence-electron chi connectivity index (χ3n) is 5.41. The van der Waals surface area contributed by atoms with Crippen LogP contribution in [0.2, 0.25) is 0 Å². The molecule has 0 aromatic heterocycles. The average Bonchev–Trinajstić information content (AvgIpc) is 2.81. The Morgan fingerprint density at radius 2 is 0.871 bits per heavy atom. The Balaban J connectivity index is 1.34. The van der Waals surface area contributed by atoms with Gasteiger partial charge in [0.15, 0.2) is 0 Å². The lowest BCUT2D eigenvalue weighted by atomic mass is 10.00. The van der Waals surface area contributed by atoms with Crippen molar-refractivity contribution >= 4 is 12.2 Å². The summed E-state index contributed by atoms with van der Waals surface area (Å²) < 4.78 is 5.55. The first kappa shape index (κ1) is 20.4. The molecule has 0 spiro atoms. The molecule has 0 aliphatic rings. The van der Waals surface area contributed by atoms with Crippen molar-refractivity contribution in [1.29, 1.82) is 0 Å². The van der Waals surface area contributed by atoms with E-state index in [9.17, 15) is 0 Å². The molecule has 152 valence electrons. The van der Waals surface area contributed by atoms with E-state index in [-0.39, 0.29) is 0 Å². The normalized spacial score (nSPS) is 11.3. The van der Waals surface area contributed by atoms with Crippen molar-refractivity contribution in [3.8, 4) is 22.3 Å². The largest absolute Gasteiger partial charge is 0.473 e. The van der Waals surface area contributed by atoms with Crippen LogP contribution in [0.15, 0.2) is 110 Å². The SMILES string of the molecule is Cc1ccccc1-c1ccc(C=COC=Cc2ccc(-c3ccccc3C)cc2)cc1. The molecular weight excluding hydrogens is 376 g/mol. The third kappa shape index (κ3) is 5.21. The van der Waals surface area contributed by atoms with Crippen LogP contribution >= 0.6 is 0 Å². The number of benzene rings is 4. The molecule has 0 atom stereocenters. The zero-order valence-electron chi connectivity index (χ0n) is 18.0. The minimum atomic E-state index is 1.10. The molecule has 4 aromatic carbocycles. The molecule has 0 N–H and O–H groups in total. The predicted octanol–water partition coefficient (Wildman–Crippen LogP) is 8.30. The highest BCUT2D eigenvalue weighted by Gasteiger charge is 2.01. The molecule has 0 radical (unpaired) electrons. The van der Waals surface area contributed by atoms with Gasteiger partial charge in [-0.25, -0.2) is 0 Å². The monoisotopic (exact) mass is 402 g/mol. The second kappa shape index (κ2) is 9.77. The van der Waals surface area contributed by atoms with Crippen LogP contribution in [-0.2, 0) is 4.74 Å². The molecule has 0 saturated carbocycles. The van der Waals surface area contributed by atoms with Crippen LogP contribution in [0.3, 0.4) is 0 Å². The van der Waals surface area contributed by atoms with Crippen LogP contribution in [-0.4, -0.2) is 0 Å². The van der Waals surface area contributed by atoms with Crippen molar-refractivity contribution in [2.45, 2.75) is 13.8 Å². The van der Waals surface area contributed by atoms with Crippen molar-refractivity contribution in [3.05, 3.63) is 132 Å². The summed E-state index contributed by atoms with van der Waals surface area (Å²) in [7, 11) is 0. The standard InChI is InChI=1S/C30H26O/c1-23-7-3-5-9-29(23)27-15-11-25(12-16-27)19-21-31-22-20-26-13-17-28(18-14-26)30-10-6-4-8-24(30)2/h3-22H,1-2H3. The molecule has 0 amide bonds. The first-order chi connectivity index (χ1) is 15.2. The fourth-order valence-corrected chi connectivity index (χ4v) is 3.62. The van der Waals surface area contributed by atoms with E-state index < -0.39 is 0 Å². The smallest absolute Gasteiger partial charge is 0.0907 e. The van der Waals surface area contributed by atoms with Gasteiger partial charge in [0.25, 0.3) is 0 Å². The maximum atomic E-state index is 5.55. The van der Waals surface area contributed by atoms with Crippen LogP contribution in [0.1, 0.15) is 22.3 Å². The lowest BCUT2D eigenvalue weighted by molar-refractivity contribution is 0.410. The van der Waals surface area contributed by atoms with Gasteiger partial charge in [-0.15, -0.1) is 0 Å². The predicted molar refractivity (Wildman–Crippen MR) is 132 cm³/mol. The highest BCUT2D eigenvalue weighted by atomic mass is 16.5. The molecular formula is C30H26O. The maximum absolute atomic E-state index is 5.55. The summed E-state index contributed by atoms with van der Waals surface area (Å²) in [5.74, 6) is 0. The highest BCUT2D eigenvalue weighted by Crippen LogP contribution is 2.24. The third-order valence-corrected chi connectivity index (χ3v) is 5.41.